The van der Waals surface area contributed by atoms with E-state index in [4.69, 9.17) is 21.0 Å². The van der Waals surface area contributed by atoms with Gasteiger partial charge in [0, 0.05) is 29.8 Å². The molecule has 2 aliphatic rings. The van der Waals surface area contributed by atoms with Crippen molar-refractivity contribution in [1.29, 1.82) is 5.26 Å². The van der Waals surface area contributed by atoms with Crippen molar-refractivity contribution in [2.24, 2.45) is 5.84 Å². The smallest absolute Gasteiger partial charge is 0.475 e. The fraction of sp³-hybridized carbons (Fsp3) is 0.650. The number of carboxylic acid groups (broad SMARTS) is 1. The minimum atomic E-state index is -5.08. The summed E-state index contributed by atoms with van der Waals surface area (Å²) < 4.78 is 31.7. The van der Waals surface area contributed by atoms with Gasteiger partial charge in [0.05, 0.1) is 30.7 Å². The van der Waals surface area contributed by atoms with Crippen molar-refractivity contribution in [3.05, 3.63) is 10.6 Å². The SMILES string of the molecule is Cc1nc(NC(=O)CN2CCC(N(N)CC(=O)N3CSC[C@H]3C#N)CC2)sc1C.O=C(O)C(F)(F)F. The first-order chi connectivity index (χ1) is 16.8. The second-order valence-corrected chi connectivity index (χ2v) is 10.4. The highest BCUT2D eigenvalue weighted by atomic mass is 32.2. The number of hydrazine groups is 1. The Balaban J connectivity index is 0.000000572. The lowest BCUT2D eigenvalue weighted by atomic mass is 10.0. The summed E-state index contributed by atoms with van der Waals surface area (Å²) in [7, 11) is 0. The number of carbonyl (C=O) groups excluding carboxylic acids is 2. The second-order valence-electron chi connectivity index (χ2n) is 8.20. The number of rotatable bonds is 6. The molecule has 1 atom stereocenters. The van der Waals surface area contributed by atoms with Crippen LogP contribution < -0.4 is 11.2 Å². The average Bonchev–Trinajstić information content (AvgIpc) is 3.39. The average molecular weight is 552 g/mol. The van der Waals surface area contributed by atoms with Crippen molar-refractivity contribution < 1.29 is 32.7 Å². The van der Waals surface area contributed by atoms with Gasteiger partial charge in [-0.05, 0) is 26.7 Å². The fourth-order valence-corrected chi connectivity index (χ4v) is 5.40. The van der Waals surface area contributed by atoms with Gasteiger partial charge in [-0.25, -0.2) is 14.8 Å². The van der Waals surface area contributed by atoms with Crippen molar-refractivity contribution in [1.82, 2.24) is 19.8 Å². The molecule has 2 amide bonds. The van der Waals surface area contributed by atoms with E-state index in [1.807, 2.05) is 13.8 Å². The van der Waals surface area contributed by atoms with Gasteiger partial charge in [-0.15, -0.1) is 23.1 Å². The zero-order valence-corrected chi connectivity index (χ0v) is 21.4. The minimum absolute atomic E-state index is 0.0638. The van der Waals surface area contributed by atoms with Crippen molar-refractivity contribution >= 4 is 46.0 Å². The lowest BCUT2D eigenvalue weighted by Gasteiger charge is -2.36. The van der Waals surface area contributed by atoms with Crippen molar-refractivity contribution in [2.45, 2.75) is 44.9 Å². The number of halogens is 3. The number of aryl methyl sites for hydroxylation is 2. The number of hydrogen-bond acceptors (Lipinski definition) is 10. The van der Waals surface area contributed by atoms with Crippen LogP contribution >= 0.6 is 23.1 Å². The maximum absolute atomic E-state index is 12.4. The predicted octanol–water partition coefficient (Wildman–Crippen LogP) is 1.40. The molecule has 2 fully saturated rings. The van der Waals surface area contributed by atoms with E-state index in [1.165, 1.54) is 11.3 Å². The summed E-state index contributed by atoms with van der Waals surface area (Å²) in [6, 6.07) is 1.91. The summed E-state index contributed by atoms with van der Waals surface area (Å²) in [5.41, 5.74) is 0.942. The number of carbonyl (C=O) groups is 3. The number of likely N-dealkylation sites (tertiary alicyclic amines) is 1. The molecule has 3 rings (SSSR count). The number of thiazole rings is 1. The van der Waals surface area contributed by atoms with Crippen molar-refractivity contribution in [3.8, 4) is 6.07 Å². The maximum Gasteiger partial charge on any atom is 0.490 e. The van der Waals surface area contributed by atoms with Crippen molar-refractivity contribution in [3.63, 3.8) is 0 Å². The van der Waals surface area contributed by atoms with Crippen LogP contribution in [0, 0.1) is 25.2 Å². The topological polar surface area (TPSA) is 156 Å². The van der Waals surface area contributed by atoms with Gasteiger partial charge >= 0.3 is 12.1 Å². The van der Waals surface area contributed by atoms with Crippen LogP contribution in [0.25, 0.3) is 0 Å². The van der Waals surface area contributed by atoms with Crippen LogP contribution in [0.1, 0.15) is 23.4 Å². The van der Waals surface area contributed by atoms with Crippen LogP contribution in [0.5, 0.6) is 0 Å². The molecule has 2 aliphatic heterocycles. The van der Waals surface area contributed by atoms with Gasteiger partial charge in [-0.3, -0.25) is 20.3 Å². The number of thioether (sulfide) groups is 1. The first-order valence-corrected chi connectivity index (χ1v) is 12.8. The largest absolute Gasteiger partial charge is 0.490 e. The Hall–Kier alpha value is -2.45. The van der Waals surface area contributed by atoms with Crippen molar-refractivity contribution in [2.75, 3.05) is 43.1 Å². The summed E-state index contributed by atoms with van der Waals surface area (Å²) in [6.07, 6.45) is -3.49. The number of aliphatic carboxylic acids is 1. The van der Waals surface area contributed by atoms with E-state index in [-0.39, 0.29) is 30.4 Å². The number of nitrogens with zero attached hydrogens (tertiary/aromatic N) is 5. The maximum atomic E-state index is 12.4. The van der Waals surface area contributed by atoms with Gasteiger partial charge in [-0.2, -0.15) is 18.4 Å². The Morgan fingerprint density at radius 3 is 2.42 bits per heavy atom. The number of piperidine rings is 1. The summed E-state index contributed by atoms with van der Waals surface area (Å²) in [5.74, 6) is 4.45. The minimum Gasteiger partial charge on any atom is -0.475 e. The molecule has 16 heteroatoms. The van der Waals surface area contributed by atoms with Gasteiger partial charge in [0.15, 0.2) is 5.13 Å². The highest BCUT2D eigenvalue weighted by Crippen LogP contribution is 2.22. The molecule has 200 valence electrons. The van der Waals surface area contributed by atoms with E-state index in [0.717, 1.165) is 36.5 Å². The molecule has 1 aromatic rings. The summed E-state index contributed by atoms with van der Waals surface area (Å²) in [5, 5.41) is 21.4. The number of nitriles is 1. The van der Waals surface area contributed by atoms with Crippen LogP contribution in [-0.2, 0) is 14.4 Å². The third-order valence-electron chi connectivity index (χ3n) is 5.58. The number of nitrogens with one attached hydrogen (secondary N) is 1. The number of anilines is 1. The number of alkyl halides is 3. The van der Waals surface area contributed by atoms with Crippen LogP contribution in [0.4, 0.5) is 18.3 Å². The molecule has 0 bridgehead atoms. The van der Waals surface area contributed by atoms with Gasteiger partial charge in [0.1, 0.15) is 6.04 Å². The molecule has 3 heterocycles. The third kappa shape index (κ3) is 8.89. The monoisotopic (exact) mass is 551 g/mol. The highest BCUT2D eigenvalue weighted by molar-refractivity contribution is 7.99. The summed E-state index contributed by atoms with van der Waals surface area (Å²) in [6.45, 7) is 5.85. The molecule has 36 heavy (non-hydrogen) atoms. The zero-order valence-electron chi connectivity index (χ0n) is 19.7. The molecule has 0 radical (unpaired) electrons. The molecular formula is C20H28F3N7O4S2. The Morgan fingerprint density at radius 1 is 1.31 bits per heavy atom. The molecule has 0 spiro atoms. The summed E-state index contributed by atoms with van der Waals surface area (Å²) >= 11 is 3.07. The van der Waals surface area contributed by atoms with Gasteiger partial charge < -0.3 is 15.3 Å². The Morgan fingerprint density at radius 2 is 1.92 bits per heavy atom. The van der Waals surface area contributed by atoms with E-state index in [2.05, 4.69) is 21.3 Å². The number of carboxylic acids is 1. The van der Waals surface area contributed by atoms with E-state index >= 15 is 0 Å². The lowest BCUT2D eigenvalue weighted by Crippen LogP contribution is -2.53. The number of amides is 2. The molecule has 0 saturated carbocycles. The second kappa shape index (κ2) is 13.2. The highest BCUT2D eigenvalue weighted by Gasteiger charge is 2.38. The summed E-state index contributed by atoms with van der Waals surface area (Å²) in [4.78, 5) is 42.8. The molecule has 4 N–H and O–H groups in total. The Bertz CT molecular complexity index is 958. The van der Waals surface area contributed by atoms with Gasteiger partial charge in [-0.1, -0.05) is 0 Å². The van der Waals surface area contributed by atoms with E-state index in [0.29, 0.717) is 23.3 Å². The molecule has 0 aliphatic carbocycles. The van der Waals surface area contributed by atoms with Crippen LogP contribution in [0.2, 0.25) is 0 Å². The quantitative estimate of drug-likeness (QED) is 0.349. The molecular weight excluding hydrogens is 523 g/mol. The lowest BCUT2D eigenvalue weighted by molar-refractivity contribution is -0.192. The van der Waals surface area contributed by atoms with Crippen LogP contribution in [0.15, 0.2) is 0 Å². The Kier molecular flexibility index (Phi) is 10.9. The third-order valence-corrected chi connectivity index (χ3v) is 7.58. The predicted molar refractivity (Wildman–Crippen MR) is 128 cm³/mol. The zero-order chi connectivity index (χ0) is 27.0. The first kappa shape index (κ1) is 29.8. The van der Waals surface area contributed by atoms with Gasteiger partial charge in [0.25, 0.3) is 0 Å². The standard InChI is InChI=1S/C18H27N7O2S2.C2HF3O2/c1-12-13(2)29-18(21-12)22-16(26)8-23-5-3-14(4-6-23)25(20)9-17(27)24-11-28-10-15(24)7-19;3-2(4,5)1(6)7/h14-15H,3-6,8-11,20H2,1-2H3,(H,21,22,26);(H,6,7)/t15-;/m1./s1. The number of hydrogen-bond donors (Lipinski definition) is 3. The van der Waals surface area contributed by atoms with E-state index in [9.17, 15) is 22.8 Å². The van der Waals surface area contributed by atoms with E-state index < -0.39 is 12.1 Å². The number of nitrogens with two attached hydrogens (primary N) is 1. The molecule has 0 aromatic carbocycles. The molecule has 11 nitrogen and oxygen atoms in total. The first-order valence-electron chi connectivity index (χ1n) is 10.9. The Labute approximate surface area is 214 Å². The molecule has 1 aromatic heterocycles. The normalized spacial score (nSPS) is 18.9. The number of aromatic nitrogens is 1. The molecule has 0 unspecified atom stereocenters. The fourth-order valence-electron chi connectivity index (χ4n) is 3.47. The van der Waals surface area contributed by atoms with Crippen LogP contribution in [0.3, 0.4) is 0 Å². The van der Waals surface area contributed by atoms with Crippen LogP contribution in [-0.4, -0.2) is 98.8 Å². The van der Waals surface area contributed by atoms with Gasteiger partial charge in [0.2, 0.25) is 11.8 Å². The van der Waals surface area contributed by atoms with E-state index in [1.54, 1.807) is 21.7 Å². The molecule has 2 saturated heterocycles.